The van der Waals surface area contributed by atoms with Crippen LogP contribution in [0.5, 0.6) is 11.5 Å². The molecule has 2 aromatic heterocycles. The molecule has 0 amide bonds. The molecule has 11 heteroatoms. The molecule has 5 rings (SSSR count). The number of halogens is 2. The first-order valence-corrected chi connectivity index (χ1v) is 14.4. The molecule has 212 valence electrons. The highest BCUT2D eigenvalue weighted by Crippen LogP contribution is 2.36. The number of ether oxygens (including phenoxy) is 3. The normalized spacial score (nSPS) is 15.0. The minimum Gasteiger partial charge on any atom is -0.493 e. The summed E-state index contributed by atoms with van der Waals surface area (Å²) in [6, 6.07) is 13.2. The van der Waals surface area contributed by atoms with Gasteiger partial charge in [0.2, 0.25) is 0 Å². The molecule has 1 unspecified atom stereocenters. The molecule has 1 aliphatic heterocycles. The number of thiazole rings is 1. The van der Waals surface area contributed by atoms with Gasteiger partial charge in [-0.1, -0.05) is 40.6 Å². The van der Waals surface area contributed by atoms with E-state index in [4.69, 9.17) is 41.8 Å². The van der Waals surface area contributed by atoms with Gasteiger partial charge >= 0.3 is 5.97 Å². The predicted octanol–water partition coefficient (Wildman–Crippen LogP) is 5.77. The van der Waals surface area contributed by atoms with E-state index in [2.05, 4.69) is 4.99 Å². The number of allylic oxidation sites excluding steroid dienone is 1. The predicted molar refractivity (Wildman–Crippen MR) is 159 cm³/mol. The molecule has 2 aromatic carbocycles. The Hall–Kier alpha value is -3.79. The summed E-state index contributed by atoms with van der Waals surface area (Å²) in [5, 5.41) is 0.967. The zero-order valence-electron chi connectivity index (χ0n) is 22.7. The summed E-state index contributed by atoms with van der Waals surface area (Å²) < 4.78 is 24.5. The number of hydrogen-bond donors (Lipinski definition) is 0. The Kier molecular flexibility index (Phi) is 8.40. The fourth-order valence-corrected chi connectivity index (χ4v) is 6.16. The average molecular weight is 614 g/mol. The zero-order chi connectivity index (χ0) is 29.3. The molecule has 0 bridgehead atoms. The second-order valence-electron chi connectivity index (χ2n) is 8.97. The zero-order valence-corrected chi connectivity index (χ0v) is 25.0. The maximum Gasteiger partial charge on any atom is 0.338 e. The van der Waals surface area contributed by atoms with Crippen LogP contribution in [0.25, 0.3) is 17.4 Å². The van der Waals surface area contributed by atoms with E-state index in [1.807, 2.05) is 6.92 Å². The maximum atomic E-state index is 13.9. The highest BCUT2D eigenvalue weighted by molar-refractivity contribution is 7.07. The van der Waals surface area contributed by atoms with Crippen molar-refractivity contribution in [3.05, 3.63) is 101 Å². The molecular weight excluding hydrogens is 587 g/mol. The molecule has 0 spiro atoms. The van der Waals surface area contributed by atoms with Gasteiger partial charge in [0.25, 0.3) is 5.56 Å². The third-order valence-electron chi connectivity index (χ3n) is 6.42. The number of carbonyl (C=O) groups excluding carboxylic acids is 1. The molecule has 8 nitrogen and oxygen atoms in total. The van der Waals surface area contributed by atoms with E-state index in [-0.39, 0.29) is 17.7 Å². The standard InChI is InChI=1S/C30H26Cl2N2O6S/c1-5-38-24-13-17(7-11-23(24)37-4)27-26(29(36)39-6-2)16(3)33-30-34(27)28(35)25(41-30)15-19-9-12-22(40-19)20-10-8-18(31)14-21(20)32/h7-15,27H,5-6H2,1-4H3/b25-15-. The van der Waals surface area contributed by atoms with E-state index in [1.165, 1.54) is 15.9 Å². The lowest BCUT2D eigenvalue weighted by atomic mass is 9.95. The van der Waals surface area contributed by atoms with Gasteiger partial charge in [-0.25, -0.2) is 9.79 Å². The Bertz CT molecular complexity index is 1850. The van der Waals surface area contributed by atoms with Crippen molar-refractivity contribution in [1.82, 2.24) is 4.57 Å². The van der Waals surface area contributed by atoms with Crippen LogP contribution < -0.4 is 24.4 Å². The van der Waals surface area contributed by atoms with Crippen LogP contribution in [0.15, 0.2) is 74.0 Å². The van der Waals surface area contributed by atoms with Crippen LogP contribution >= 0.6 is 34.5 Å². The second kappa shape index (κ2) is 12.0. The summed E-state index contributed by atoms with van der Waals surface area (Å²) in [4.78, 5) is 32.2. The quantitative estimate of drug-likeness (QED) is 0.234. The number of hydrogen-bond acceptors (Lipinski definition) is 8. The Balaban J connectivity index is 1.65. The molecule has 0 radical (unpaired) electrons. The first-order valence-electron chi connectivity index (χ1n) is 12.8. The average Bonchev–Trinajstić information content (AvgIpc) is 3.52. The van der Waals surface area contributed by atoms with Gasteiger partial charge in [0, 0.05) is 16.7 Å². The van der Waals surface area contributed by atoms with Crippen LogP contribution in [0, 0.1) is 0 Å². The highest BCUT2D eigenvalue weighted by Gasteiger charge is 2.34. The van der Waals surface area contributed by atoms with Crippen LogP contribution in [0.3, 0.4) is 0 Å². The number of aromatic nitrogens is 1. The van der Waals surface area contributed by atoms with Crippen LogP contribution in [0.1, 0.15) is 38.1 Å². The molecule has 0 saturated carbocycles. The van der Waals surface area contributed by atoms with Gasteiger partial charge in [-0.05, 0) is 68.8 Å². The van der Waals surface area contributed by atoms with Gasteiger partial charge in [0.1, 0.15) is 11.5 Å². The SMILES string of the molecule is CCOC(=O)C1=C(C)N=c2s/c(=C\c3ccc(-c4ccc(Cl)cc4Cl)o3)c(=O)n2C1c1ccc(OC)c(OCC)c1. The summed E-state index contributed by atoms with van der Waals surface area (Å²) in [6.45, 7) is 5.92. The topological polar surface area (TPSA) is 92.3 Å². The molecule has 0 N–H and O–H groups in total. The molecule has 0 saturated heterocycles. The number of carbonyl (C=O) groups is 1. The van der Waals surface area contributed by atoms with Crippen molar-refractivity contribution in [2.45, 2.75) is 26.8 Å². The Morgan fingerprint density at radius 3 is 2.61 bits per heavy atom. The third kappa shape index (κ3) is 5.57. The molecule has 41 heavy (non-hydrogen) atoms. The lowest BCUT2D eigenvalue weighted by Gasteiger charge is -2.25. The van der Waals surface area contributed by atoms with Crippen LogP contribution in [-0.4, -0.2) is 30.9 Å². The summed E-state index contributed by atoms with van der Waals surface area (Å²) >= 11 is 13.6. The van der Waals surface area contributed by atoms with Crippen LogP contribution in [-0.2, 0) is 9.53 Å². The van der Waals surface area contributed by atoms with E-state index in [9.17, 15) is 9.59 Å². The van der Waals surface area contributed by atoms with E-state index in [0.717, 1.165) is 0 Å². The highest BCUT2D eigenvalue weighted by atomic mass is 35.5. The molecule has 1 atom stereocenters. The number of furan rings is 1. The van der Waals surface area contributed by atoms with E-state index < -0.39 is 12.0 Å². The van der Waals surface area contributed by atoms with Crippen molar-refractivity contribution >= 4 is 46.6 Å². The van der Waals surface area contributed by atoms with E-state index in [0.29, 0.717) is 65.8 Å². The Morgan fingerprint density at radius 2 is 1.90 bits per heavy atom. The first-order chi connectivity index (χ1) is 19.7. The molecule has 4 aromatic rings. The molecule has 1 aliphatic rings. The Labute approximate surface area is 249 Å². The second-order valence-corrected chi connectivity index (χ2v) is 10.8. The lowest BCUT2D eigenvalue weighted by Crippen LogP contribution is -2.39. The summed E-state index contributed by atoms with van der Waals surface area (Å²) in [7, 11) is 1.55. The molecule has 0 aliphatic carbocycles. The maximum absolute atomic E-state index is 13.9. The molecular formula is C30H26Cl2N2O6S. The van der Waals surface area contributed by atoms with Gasteiger partial charge < -0.3 is 18.6 Å². The number of rotatable bonds is 8. The third-order valence-corrected chi connectivity index (χ3v) is 7.95. The number of benzene rings is 2. The van der Waals surface area contributed by atoms with Gasteiger partial charge in [0.15, 0.2) is 16.3 Å². The smallest absolute Gasteiger partial charge is 0.338 e. The molecule has 3 heterocycles. The monoisotopic (exact) mass is 612 g/mol. The largest absolute Gasteiger partial charge is 0.493 e. The lowest BCUT2D eigenvalue weighted by molar-refractivity contribution is -0.139. The van der Waals surface area contributed by atoms with Crippen LogP contribution in [0.2, 0.25) is 10.0 Å². The summed E-state index contributed by atoms with van der Waals surface area (Å²) in [5.41, 5.74) is 1.74. The fourth-order valence-electron chi connectivity index (χ4n) is 4.63. The van der Waals surface area contributed by atoms with Crippen molar-refractivity contribution < 1.29 is 23.4 Å². The van der Waals surface area contributed by atoms with Gasteiger partial charge in [0.05, 0.1) is 47.2 Å². The number of methoxy groups -OCH3 is 1. The number of nitrogens with zero attached hydrogens (tertiary/aromatic N) is 2. The van der Waals surface area contributed by atoms with Crippen molar-refractivity contribution in [3.8, 4) is 22.8 Å². The summed E-state index contributed by atoms with van der Waals surface area (Å²) in [6.07, 6.45) is 1.65. The van der Waals surface area contributed by atoms with Crippen molar-refractivity contribution in [2.75, 3.05) is 20.3 Å². The van der Waals surface area contributed by atoms with Gasteiger partial charge in [-0.2, -0.15) is 0 Å². The van der Waals surface area contributed by atoms with Crippen molar-refractivity contribution in [1.29, 1.82) is 0 Å². The Morgan fingerprint density at radius 1 is 1.10 bits per heavy atom. The van der Waals surface area contributed by atoms with Gasteiger partial charge in [-0.15, -0.1) is 0 Å². The van der Waals surface area contributed by atoms with E-state index in [1.54, 1.807) is 75.6 Å². The fraction of sp³-hybridized carbons (Fsp3) is 0.233. The number of esters is 1. The van der Waals surface area contributed by atoms with Crippen LogP contribution in [0.4, 0.5) is 0 Å². The summed E-state index contributed by atoms with van der Waals surface area (Å²) in [5.74, 6) is 1.48. The molecule has 0 fully saturated rings. The van der Waals surface area contributed by atoms with E-state index >= 15 is 0 Å². The minimum absolute atomic E-state index is 0.179. The van der Waals surface area contributed by atoms with Gasteiger partial charge in [-0.3, -0.25) is 9.36 Å². The van der Waals surface area contributed by atoms with Crippen molar-refractivity contribution in [2.24, 2.45) is 4.99 Å². The minimum atomic E-state index is -0.794. The van der Waals surface area contributed by atoms with Crippen molar-refractivity contribution in [3.63, 3.8) is 0 Å². The first kappa shape index (κ1) is 28.7. The number of fused-ring (bicyclic) bond motifs is 1.